The number of hydrogen-bond donors (Lipinski definition) is 0. The number of para-hydroxylation sites is 3. The average Bonchev–Trinajstić information content (AvgIpc) is 3.14. The van der Waals surface area contributed by atoms with E-state index < -0.39 is 0 Å². The fourth-order valence-corrected chi connectivity index (χ4v) is 4.16. The predicted molar refractivity (Wildman–Crippen MR) is 132 cm³/mol. The molecule has 4 aromatic carbocycles. The van der Waals surface area contributed by atoms with Crippen molar-refractivity contribution in [1.82, 2.24) is 4.57 Å². The molecule has 0 aliphatic carbocycles. The van der Waals surface area contributed by atoms with Gasteiger partial charge in [0.05, 0.1) is 17.6 Å². The molecule has 0 aliphatic heterocycles. The quantitative estimate of drug-likeness (QED) is 0.214. The summed E-state index contributed by atoms with van der Waals surface area (Å²) in [6.45, 7) is 3.25. The van der Waals surface area contributed by atoms with Crippen molar-refractivity contribution in [1.29, 1.82) is 0 Å². The number of hydrazone groups is 1. The molecule has 31 heavy (non-hydrogen) atoms. The molecule has 5 aromatic rings. The lowest BCUT2D eigenvalue weighted by Crippen LogP contribution is -2.09. The normalized spacial score (nSPS) is 11.5. The van der Waals surface area contributed by atoms with Crippen LogP contribution < -0.4 is 5.01 Å². The van der Waals surface area contributed by atoms with Gasteiger partial charge in [0.1, 0.15) is 0 Å². The van der Waals surface area contributed by atoms with Gasteiger partial charge in [0.15, 0.2) is 0 Å². The van der Waals surface area contributed by atoms with Crippen LogP contribution in [0, 0.1) is 0 Å². The van der Waals surface area contributed by atoms with Crippen LogP contribution in [0.3, 0.4) is 0 Å². The van der Waals surface area contributed by atoms with Crippen LogP contribution in [0.1, 0.15) is 18.9 Å². The number of fused-ring (bicyclic) bond motifs is 3. The van der Waals surface area contributed by atoms with Gasteiger partial charge in [0, 0.05) is 28.4 Å². The van der Waals surface area contributed by atoms with Crippen LogP contribution in [-0.4, -0.2) is 10.8 Å². The van der Waals surface area contributed by atoms with Gasteiger partial charge in [-0.25, -0.2) is 5.01 Å². The molecule has 0 saturated carbocycles. The molecule has 0 bridgehead atoms. The molecular formula is C28H25N3. The minimum absolute atomic E-state index is 1.02. The maximum Gasteiger partial charge on any atom is 0.0652 e. The summed E-state index contributed by atoms with van der Waals surface area (Å²) in [4.78, 5) is 0. The molecule has 5 rings (SSSR count). The number of anilines is 2. The fourth-order valence-electron chi connectivity index (χ4n) is 4.16. The van der Waals surface area contributed by atoms with E-state index in [-0.39, 0.29) is 0 Å². The molecule has 0 atom stereocenters. The van der Waals surface area contributed by atoms with Crippen molar-refractivity contribution >= 4 is 39.4 Å². The number of nitrogens with zero attached hydrogens (tertiary/aromatic N) is 3. The summed E-state index contributed by atoms with van der Waals surface area (Å²) in [5.74, 6) is 0. The van der Waals surface area contributed by atoms with Gasteiger partial charge >= 0.3 is 0 Å². The molecular weight excluding hydrogens is 378 g/mol. The summed E-state index contributed by atoms with van der Waals surface area (Å²) < 4.78 is 2.42. The van der Waals surface area contributed by atoms with E-state index in [9.17, 15) is 0 Å². The minimum atomic E-state index is 1.02. The molecule has 3 heteroatoms. The maximum absolute atomic E-state index is 4.87. The first-order chi connectivity index (χ1) is 15.3. The van der Waals surface area contributed by atoms with E-state index in [1.807, 2.05) is 47.6 Å². The number of aromatic nitrogens is 1. The lowest BCUT2D eigenvalue weighted by molar-refractivity contribution is 0.724. The van der Waals surface area contributed by atoms with Crippen LogP contribution in [0.5, 0.6) is 0 Å². The number of aryl methyl sites for hydroxylation is 1. The molecule has 0 spiro atoms. The number of benzene rings is 4. The lowest BCUT2D eigenvalue weighted by atomic mass is 10.1. The van der Waals surface area contributed by atoms with E-state index in [1.54, 1.807) is 0 Å². The third-order valence-corrected chi connectivity index (χ3v) is 5.57. The van der Waals surface area contributed by atoms with Crippen molar-refractivity contribution in [2.24, 2.45) is 5.10 Å². The molecule has 0 unspecified atom stereocenters. The van der Waals surface area contributed by atoms with Crippen LogP contribution in [0.25, 0.3) is 21.8 Å². The second-order valence-corrected chi connectivity index (χ2v) is 7.67. The monoisotopic (exact) mass is 403 g/mol. The van der Waals surface area contributed by atoms with Crippen molar-refractivity contribution in [2.75, 3.05) is 5.01 Å². The zero-order chi connectivity index (χ0) is 21.0. The molecule has 1 aromatic heterocycles. The van der Waals surface area contributed by atoms with E-state index in [2.05, 4.69) is 78.2 Å². The lowest BCUT2D eigenvalue weighted by Gasteiger charge is -2.19. The number of hydrogen-bond acceptors (Lipinski definition) is 2. The topological polar surface area (TPSA) is 20.5 Å². The van der Waals surface area contributed by atoms with Crippen LogP contribution in [0.15, 0.2) is 108 Å². The third-order valence-electron chi connectivity index (χ3n) is 5.57. The van der Waals surface area contributed by atoms with Gasteiger partial charge in [-0.1, -0.05) is 67.6 Å². The van der Waals surface area contributed by atoms with Crippen LogP contribution in [-0.2, 0) is 6.54 Å². The Morgan fingerprint density at radius 3 is 2.00 bits per heavy atom. The van der Waals surface area contributed by atoms with Crippen LogP contribution >= 0.6 is 0 Å². The van der Waals surface area contributed by atoms with Crippen LogP contribution in [0.2, 0.25) is 0 Å². The summed E-state index contributed by atoms with van der Waals surface area (Å²) in [7, 11) is 0. The Morgan fingerprint density at radius 1 is 0.710 bits per heavy atom. The Labute approximate surface area is 182 Å². The van der Waals surface area contributed by atoms with Gasteiger partial charge in [-0.15, -0.1) is 0 Å². The Hall–Kier alpha value is -3.85. The maximum atomic E-state index is 4.87. The van der Waals surface area contributed by atoms with Crippen LogP contribution in [0.4, 0.5) is 11.4 Å². The molecule has 0 saturated heterocycles. The van der Waals surface area contributed by atoms with Gasteiger partial charge in [-0.05, 0) is 54.4 Å². The molecule has 0 amide bonds. The SMILES string of the molecule is CCCn1c2ccccc2c2cc(C=NN(c3ccccc3)c3ccccc3)ccc21. The molecule has 1 heterocycles. The smallest absolute Gasteiger partial charge is 0.0652 e. The van der Waals surface area contributed by atoms with Crippen molar-refractivity contribution in [3.05, 3.63) is 109 Å². The van der Waals surface area contributed by atoms with Crippen molar-refractivity contribution in [3.8, 4) is 0 Å². The molecule has 152 valence electrons. The molecule has 0 aliphatic rings. The first-order valence-electron chi connectivity index (χ1n) is 10.8. The van der Waals surface area contributed by atoms with Crippen molar-refractivity contribution in [2.45, 2.75) is 19.9 Å². The van der Waals surface area contributed by atoms with Gasteiger partial charge in [0.2, 0.25) is 0 Å². The summed E-state index contributed by atoms with van der Waals surface area (Å²) in [6, 6.07) is 35.8. The van der Waals surface area contributed by atoms with E-state index in [4.69, 9.17) is 5.10 Å². The molecule has 0 radical (unpaired) electrons. The van der Waals surface area contributed by atoms with Crippen molar-refractivity contribution in [3.63, 3.8) is 0 Å². The van der Waals surface area contributed by atoms with Crippen molar-refractivity contribution < 1.29 is 0 Å². The largest absolute Gasteiger partial charge is 0.340 e. The first kappa shape index (κ1) is 19.1. The first-order valence-corrected chi connectivity index (χ1v) is 10.8. The zero-order valence-corrected chi connectivity index (χ0v) is 17.6. The second kappa shape index (κ2) is 8.49. The Morgan fingerprint density at radius 2 is 1.32 bits per heavy atom. The van der Waals surface area contributed by atoms with Gasteiger partial charge < -0.3 is 4.57 Å². The van der Waals surface area contributed by atoms with Gasteiger partial charge in [-0.3, -0.25) is 0 Å². The second-order valence-electron chi connectivity index (χ2n) is 7.67. The molecule has 0 N–H and O–H groups in total. The summed E-state index contributed by atoms with van der Waals surface area (Å²) in [6.07, 6.45) is 3.06. The minimum Gasteiger partial charge on any atom is -0.340 e. The highest BCUT2D eigenvalue weighted by Gasteiger charge is 2.11. The Balaban J connectivity index is 1.58. The van der Waals surface area contributed by atoms with E-state index in [1.165, 1.54) is 21.8 Å². The van der Waals surface area contributed by atoms with Gasteiger partial charge in [0.25, 0.3) is 0 Å². The summed E-state index contributed by atoms with van der Waals surface area (Å²) >= 11 is 0. The van der Waals surface area contributed by atoms with E-state index in [0.29, 0.717) is 0 Å². The fraction of sp³-hybridized carbons (Fsp3) is 0.107. The number of rotatable bonds is 6. The summed E-state index contributed by atoms with van der Waals surface area (Å²) in [5, 5.41) is 9.42. The van der Waals surface area contributed by atoms with E-state index >= 15 is 0 Å². The zero-order valence-electron chi connectivity index (χ0n) is 17.6. The van der Waals surface area contributed by atoms with E-state index in [0.717, 1.165) is 29.9 Å². The summed E-state index contributed by atoms with van der Waals surface area (Å²) in [5.41, 5.74) is 5.73. The van der Waals surface area contributed by atoms with Gasteiger partial charge in [-0.2, -0.15) is 5.10 Å². The molecule has 0 fully saturated rings. The molecule has 3 nitrogen and oxygen atoms in total. The average molecular weight is 404 g/mol. The third kappa shape index (κ3) is 3.71. The highest BCUT2D eigenvalue weighted by molar-refractivity contribution is 6.09. The standard InChI is InChI=1S/C28H25N3/c1-2-19-30-27-16-10-9-15-25(27)26-20-22(17-18-28(26)30)21-29-31(23-11-5-3-6-12-23)24-13-7-4-8-14-24/h3-18,20-21H,2,19H2,1H3. The highest BCUT2D eigenvalue weighted by Crippen LogP contribution is 2.30. The Kier molecular flexibility index (Phi) is 5.24. The highest BCUT2D eigenvalue weighted by atomic mass is 15.5. The predicted octanol–water partition coefficient (Wildman–Crippen LogP) is 7.38. The Bertz CT molecular complexity index is 1300.